The van der Waals surface area contributed by atoms with Crippen molar-refractivity contribution >= 4 is 17.7 Å². The number of rotatable bonds is 6. The Kier molecular flexibility index (Phi) is 5.95. The molecule has 6 heteroatoms. The van der Waals surface area contributed by atoms with Crippen molar-refractivity contribution in [3.05, 3.63) is 29.8 Å². The summed E-state index contributed by atoms with van der Waals surface area (Å²) in [4.78, 5) is 36.8. The third-order valence-electron chi connectivity index (χ3n) is 4.56. The normalized spacial score (nSPS) is 18.3. The molecule has 0 spiro atoms. The molecule has 0 bridgehead atoms. The van der Waals surface area contributed by atoms with E-state index in [0.29, 0.717) is 18.6 Å². The number of ether oxygens (including phenoxy) is 3. The predicted octanol–water partition coefficient (Wildman–Crippen LogP) is 2.11. The fourth-order valence-electron chi connectivity index (χ4n) is 3.35. The van der Waals surface area contributed by atoms with Gasteiger partial charge in [-0.1, -0.05) is 12.1 Å². The highest BCUT2D eigenvalue weighted by molar-refractivity contribution is 5.97. The maximum absolute atomic E-state index is 12.3. The number of Topliss-reactive ketones (excluding diaryl/α,β-unsaturated/α-hetero) is 1. The minimum absolute atomic E-state index is 0.0635. The van der Waals surface area contributed by atoms with Crippen LogP contribution in [0.5, 0.6) is 5.75 Å². The first kappa shape index (κ1) is 18.0. The third kappa shape index (κ3) is 3.58. The first-order chi connectivity index (χ1) is 11.5. The van der Waals surface area contributed by atoms with Gasteiger partial charge in [-0.05, 0) is 30.5 Å². The van der Waals surface area contributed by atoms with Gasteiger partial charge in [-0.2, -0.15) is 0 Å². The minimum atomic E-state index is -1.17. The van der Waals surface area contributed by atoms with Gasteiger partial charge >= 0.3 is 11.9 Å². The van der Waals surface area contributed by atoms with Crippen LogP contribution in [0, 0.1) is 11.8 Å². The van der Waals surface area contributed by atoms with E-state index in [2.05, 4.69) is 0 Å². The lowest BCUT2D eigenvalue weighted by molar-refractivity contribution is -0.160. The van der Waals surface area contributed by atoms with Crippen LogP contribution in [0.1, 0.15) is 30.7 Å². The van der Waals surface area contributed by atoms with E-state index in [1.807, 2.05) is 0 Å². The Bertz CT molecular complexity index is 590. The van der Waals surface area contributed by atoms with Crippen LogP contribution >= 0.6 is 0 Å². The summed E-state index contributed by atoms with van der Waals surface area (Å²) in [5.74, 6) is -2.84. The molecule has 2 rings (SSSR count). The summed E-state index contributed by atoms with van der Waals surface area (Å²) in [6.07, 6.45) is 1.86. The van der Waals surface area contributed by atoms with Crippen molar-refractivity contribution < 1.29 is 28.6 Å². The summed E-state index contributed by atoms with van der Waals surface area (Å²) >= 11 is 0. The Hall–Kier alpha value is -2.37. The van der Waals surface area contributed by atoms with Crippen molar-refractivity contribution in [3.8, 4) is 5.75 Å². The lowest BCUT2D eigenvalue weighted by Crippen LogP contribution is -2.37. The number of hydrogen-bond acceptors (Lipinski definition) is 6. The van der Waals surface area contributed by atoms with Gasteiger partial charge < -0.3 is 14.2 Å². The Labute approximate surface area is 141 Å². The number of esters is 2. The molecule has 1 fully saturated rings. The topological polar surface area (TPSA) is 78.9 Å². The van der Waals surface area contributed by atoms with Crippen LogP contribution in [0.3, 0.4) is 0 Å². The second-order valence-corrected chi connectivity index (χ2v) is 5.79. The minimum Gasteiger partial charge on any atom is -0.497 e. The molecule has 1 aromatic carbocycles. The van der Waals surface area contributed by atoms with Gasteiger partial charge in [-0.3, -0.25) is 14.4 Å². The van der Waals surface area contributed by atoms with Crippen LogP contribution in [-0.2, 0) is 23.9 Å². The molecule has 2 atom stereocenters. The number of ketones is 1. The molecule has 1 aliphatic rings. The zero-order valence-electron chi connectivity index (χ0n) is 14.1. The van der Waals surface area contributed by atoms with Gasteiger partial charge in [-0.25, -0.2) is 0 Å². The molecule has 1 aliphatic carbocycles. The van der Waals surface area contributed by atoms with Crippen LogP contribution in [-0.4, -0.2) is 39.1 Å². The summed E-state index contributed by atoms with van der Waals surface area (Å²) in [5.41, 5.74) is 0.719. The van der Waals surface area contributed by atoms with E-state index < -0.39 is 29.7 Å². The molecule has 0 aliphatic heterocycles. The van der Waals surface area contributed by atoms with Crippen LogP contribution in [0.2, 0.25) is 0 Å². The van der Waals surface area contributed by atoms with Crippen LogP contribution < -0.4 is 4.74 Å². The zero-order valence-corrected chi connectivity index (χ0v) is 14.1. The molecular weight excluding hydrogens is 312 g/mol. The standard InChI is InChI=1S/C18H22O6/c1-22-12-9-7-11(8-10-12)15(13-5-4-6-14(13)19)16(17(20)23-2)18(21)24-3/h7-10,13,15-16H,4-6H2,1-3H3/t13-,15+/m1/s1. The molecule has 6 nitrogen and oxygen atoms in total. The molecule has 0 heterocycles. The van der Waals surface area contributed by atoms with E-state index >= 15 is 0 Å². The highest BCUT2D eigenvalue weighted by Gasteiger charge is 2.45. The van der Waals surface area contributed by atoms with Gasteiger partial charge in [0.15, 0.2) is 5.92 Å². The van der Waals surface area contributed by atoms with Crippen molar-refractivity contribution in [1.82, 2.24) is 0 Å². The van der Waals surface area contributed by atoms with E-state index in [1.54, 1.807) is 31.4 Å². The van der Waals surface area contributed by atoms with Gasteiger partial charge in [0.1, 0.15) is 11.5 Å². The molecule has 1 saturated carbocycles. The molecule has 0 amide bonds. The Morgan fingerprint density at radius 1 is 1.04 bits per heavy atom. The monoisotopic (exact) mass is 334 g/mol. The number of methoxy groups -OCH3 is 3. The molecule has 0 aromatic heterocycles. The number of carbonyl (C=O) groups is 3. The Morgan fingerprint density at radius 2 is 1.62 bits per heavy atom. The second kappa shape index (κ2) is 7.95. The van der Waals surface area contributed by atoms with E-state index in [9.17, 15) is 14.4 Å². The highest BCUT2D eigenvalue weighted by atomic mass is 16.5. The Morgan fingerprint density at radius 3 is 2.04 bits per heavy atom. The van der Waals surface area contributed by atoms with Gasteiger partial charge in [0, 0.05) is 18.3 Å². The molecule has 0 saturated heterocycles. The van der Waals surface area contributed by atoms with Crippen molar-refractivity contribution in [2.45, 2.75) is 25.2 Å². The number of carbonyl (C=O) groups excluding carboxylic acids is 3. The van der Waals surface area contributed by atoms with Crippen LogP contribution in [0.4, 0.5) is 0 Å². The van der Waals surface area contributed by atoms with Gasteiger partial charge in [0.25, 0.3) is 0 Å². The smallest absolute Gasteiger partial charge is 0.320 e. The maximum Gasteiger partial charge on any atom is 0.320 e. The largest absolute Gasteiger partial charge is 0.497 e. The fraction of sp³-hybridized carbons (Fsp3) is 0.500. The molecule has 0 radical (unpaired) electrons. The van der Waals surface area contributed by atoms with Gasteiger partial charge in [0.05, 0.1) is 21.3 Å². The number of benzene rings is 1. The van der Waals surface area contributed by atoms with E-state index in [1.165, 1.54) is 14.2 Å². The van der Waals surface area contributed by atoms with Crippen molar-refractivity contribution in [2.75, 3.05) is 21.3 Å². The van der Waals surface area contributed by atoms with E-state index in [-0.39, 0.29) is 5.78 Å². The molecule has 24 heavy (non-hydrogen) atoms. The lowest BCUT2D eigenvalue weighted by Gasteiger charge is -2.28. The summed E-state index contributed by atoms with van der Waals surface area (Å²) < 4.78 is 14.7. The average Bonchev–Trinajstić information content (AvgIpc) is 3.04. The van der Waals surface area contributed by atoms with Gasteiger partial charge in [0.2, 0.25) is 0 Å². The van der Waals surface area contributed by atoms with Crippen LogP contribution in [0.15, 0.2) is 24.3 Å². The average molecular weight is 334 g/mol. The molecule has 0 unspecified atom stereocenters. The fourth-order valence-corrected chi connectivity index (χ4v) is 3.35. The highest BCUT2D eigenvalue weighted by Crippen LogP contribution is 2.41. The zero-order chi connectivity index (χ0) is 17.7. The van der Waals surface area contributed by atoms with Crippen molar-refractivity contribution in [1.29, 1.82) is 0 Å². The van der Waals surface area contributed by atoms with Crippen molar-refractivity contribution in [3.63, 3.8) is 0 Å². The van der Waals surface area contributed by atoms with Crippen molar-refractivity contribution in [2.24, 2.45) is 11.8 Å². The van der Waals surface area contributed by atoms with E-state index in [0.717, 1.165) is 12.0 Å². The lowest BCUT2D eigenvalue weighted by atomic mass is 9.75. The predicted molar refractivity (Wildman–Crippen MR) is 85.6 cm³/mol. The first-order valence-electron chi connectivity index (χ1n) is 7.85. The summed E-state index contributed by atoms with van der Waals surface area (Å²) in [5, 5.41) is 0. The van der Waals surface area contributed by atoms with Gasteiger partial charge in [-0.15, -0.1) is 0 Å². The molecular formula is C18H22O6. The van der Waals surface area contributed by atoms with Crippen LogP contribution in [0.25, 0.3) is 0 Å². The summed E-state index contributed by atoms with van der Waals surface area (Å²) in [6.45, 7) is 0. The maximum atomic E-state index is 12.3. The molecule has 0 N–H and O–H groups in total. The van der Waals surface area contributed by atoms with E-state index in [4.69, 9.17) is 14.2 Å². The second-order valence-electron chi connectivity index (χ2n) is 5.79. The summed E-state index contributed by atoms with van der Waals surface area (Å²) in [7, 11) is 4.00. The SMILES string of the molecule is COC(=O)C(C(=O)OC)[C@@H](c1ccc(OC)cc1)[C@@H]1CCCC1=O. The first-order valence-corrected chi connectivity index (χ1v) is 7.85. The quantitative estimate of drug-likeness (QED) is 0.586. The number of hydrogen-bond donors (Lipinski definition) is 0. The summed E-state index contributed by atoms with van der Waals surface area (Å²) in [6, 6.07) is 7.03. The third-order valence-corrected chi connectivity index (χ3v) is 4.56. The molecule has 130 valence electrons. The Balaban J connectivity index is 2.48. The molecule has 1 aromatic rings.